The maximum Gasteiger partial charge on any atom is 0.411 e. The van der Waals surface area contributed by atoms with Gasteiger partial charge in [0, 0.05) is 53.0 Å². The number of aliphatic hydroxyl groups excluding tert-OH is 1. The number of rotatable bonds is 12. The summed E-state index contributed by atoms with van der Waals surface area (Å²) in [4.78, 5) is 76.6. The first kappa shape index (κ1) is 39.5. The maximum absolute atomic E-state index is 14.2. The molecule has 0 bridgehead atoms. The Kier molecular flexibility index (Phi) is 11.8. The first-order valence-electron chi connectivity index (χ1n) is 18.6. The minimum absolute atomic E-state index is 0.0260. The van der Waals surface area contributed by atoms with E-state index in [4.69, 9.17) is 9.47 Å². The van der Waals surface area contributed by atoms with Gasteiger partial charge in [0.25, 0.3) is 0 Å². The Bertz CT molecular complexity index is 2220. The third kappa shape index (κ3) is 9.03. The third-order valence-corrected chi connectivity index (χ3v) is 9.81. The molecule has 3 heterocycles. The maximum atomic E-state index is 14.2. The normalized spacial score (nSPS) is 16.2. The van der Waals surface area contributed by atoms with Gasteiger partial charge in [-0.2, -0.15) is 0 Å². The van der Waals surface area contributed by atoms with Gasteiger partial charge in [-0.25, -0.2) is 9.59 Å². The molecule has 5 aromatic rings. The van der Waals surface area contributed by atoms with Crippen LogP contribution in [0.2, 0.25) is 0 Å². The fraction of sp³-hybridized carbons (Fsp3) is 0.357. The smallest absolute Gasteiger partial charge is 0.411 e. The van der Waals surface area contributed by atoms with Crippen molar-refractivity contribution in [2.24, 2.45) is 0 Å². The molecule has 56 heavy (non-hydrogen) atoms. The van der Waals surface area contributed by atoms with Crippen LogP contribution in [0.15, 0.2) is 85.1 Å². The van der Waals surface area contributed by atoms with E-state index in [9.17, 15) is 29.1 Å². The van der Waals surface area contributed by atoms with Crippen LogP contribution in [0.3, 0.4) is 0 Å². The number of nitrogens with zero attached hydrogens (tertiary/aromatic N) is 1. The van der Waals surface area contributed by atoms with E-state index in [1.165, 1.54) is 18.9 Å². The number of amides is 4. The number of aromatic nitrogens is 2. The molecule has 294 valence electrons. The average Bonchev–Trinajstić information content (AvgIpc) is 3.75. The monoisotopic (exact) mass is 764 g/mol. The van der Waals surface area contributed by atoms with Gasteiger partial charge < -0.3 is 40.5 Å². The van der Waals surface area contributed by atoms with Crippen LogP contribution in [-0.4, -0.2) is 92.7 Å². The molecule has 14 nitrogen and oxygen atoms in total. The molecule has 4 amide bonds. The number of H-pyrrole nitrogens is 2. The fourth-order valence-electron chi connectivity index (χ4n) is 7.06. The Morgan fingerprint density at radius 3 is 2.16 bits per heavy atom. The summed E-state index contributed by atoms with van der Waals surface area (Å²) in [5.41, 5.74) is 3.96. The predicted molar refractivity (Wildman–Crippen MR) is 209 cm³/mol. The van der Waals surface area contributed by atoms with E-state index < -0.39 is 65.7 Å². The summed E-state index contributed by atoms with van der Waals surface area (Å²) < 4.78 is 10.7. The molecule has 0 aliphatic carbocycles. The number of aromatic amines is 2. The highest BCUT2D eigenvalue weighted by atomic mass is 16.6. The Morgan fingerprint density at radius 1 is 0.839 bits per heavy atom. The number of hydrogen-bond donors (Lipinski definition) is 6. The number of methoxy groups -OCH3 is 1. The number of hydrogen-bond acceptors (Lipinski definition) is 8. The molecule has 5 atom stereocenters. The summed E-state index contributed by atoms with van der Waals surface area (Å²) >= 11 is 0. The zero-order valence-corrected chi connectivity index (χ0v) is 32.1. The lowest BCUT2D eigenvalue weighted by Gasteiger charge is -2.36. The van der Waals surface area contributed by atoms with Crippen LogP contribution in [0.5, 0.6) is 0 Å². The van der Waals surface area contributed by atoms with Crippen LogP contribution < -0.4 is 16.0 Å². The van der Waals surface area contributed by atoms with E-state index in [1.54, 1.807) is 51.2 Å². The molecular weight excluding hydrogens is 716 g/mol. The molecule has 6 rings (SSSR count). The van der Waals surface area contributed by atoms with Gasteiger partial charge in [-0.1, -0.05) is 66.7 Å². The van der Waals surface area contributed by atoms with Gasteiger partial charge in [-0.3, -0.25) is 19.3 Å². The zero-order valence-electron chi connectivity index (χ0n) is 32.1. The van der Waals surface area contributed by atoms with E-state index in [0.717, 1.165) is 38.6 Å². The molecule has 14 heteroatoms. The SMILES string of the molecule is COC(=O)[C@H](Cc1c[nH]c2ccccc12)NC(=O)[C@H](Cc1ccccc1)NC(=O)[C@@H](NC(=O)[C@@H]1Cc2c([nH]c3ccccc23)CN1C(=O)OC(C)(C)C)[C@@H](C)O. The largest absolute Gasteiger partial charge is 0.467 e. The first-order chi connectivity index (χ1) is 26.7. The van der Waals surface area contributed by atoms with Crippen molar-refractivity contribution in [2.75, 3.05) is 7.11 Å². The second-order valence-electron chi connectivity index (χ2n) is 15.1. The Balaban J connectivity index is 1.24. The summed E-state index contributed by atoms with van der Waals surface area (Å²) in [6.45, 7) is 6.56. The minimum Gasteiger partial charge on any atom is -0.467 e. The van der Waals surface area contributed by atoms with Crippen molar-refractivity contribution in [1.82, 2.24) is 30.8 Å². The fourth-order valence-corrected chi connectivity index (χ4v) is 7.06. The van der Waals surface area contributed by atoms with E-state index in [-0.39, 0.29) is 25.8 Å². The molecule has 6 N–H and O–H groups in total. The standard InChI is InChI=1S/C42H48N6O8/c1-24(49)36(47-38(51)35-21-29-28-16-10-12-18-31(28)44-34(29)23-48(35)41(54)56-42(2,3)4)39(52)45-32(19-25-13-7-6-8-14-25)37(50)46-33(40(53)55-5)20-26-22-43-30-17-11-9-15-27(26)30/h6-18,22,24,32-33,35-36,43-44,49H,19-21,23H2,1-5H3,(H,45,52)(H,46,50)(H,47,51)/t24-,32+,33+,35+,36+/m1/s1. The quantitative estimate of drug-likeness (QED) is 0.103. The minimum atomic E-state index is -1.53. The van der Waals surface area contributed by atoms with Gasteiger partial charge in [0.15, 0.2) is 0 Å². The molecule has 0 saturated heterocycles. The van der Waals surface area contributed by atoms with Crippen LogP contribution >= 0.6 is 0 Å². The number of benzene rings is 3. The summed E-state index contributed by atoms with van der Waals surface area (Å²) in [6.07, 6.45) is -0.115. The zero-order chi connectivity index (χ0) is 40.1. The lowest BCUT2D eigenvalue weighted by atomic mass is 9.95. The van der Waals surface area contributed by atoms with Gasteiger partial charge in [0.1, 0.15) is 29.8 Å². The molecule has 1 aliphatic rings. The molecule has 1 aliphatic heterocycles. The first-order valence-corrected chi connectivity index (χ1v) is 18.6. The van der Waals surface area contributed by atoms with Crippen molar-refractivity contribution in [3.63, 3.8) is 0 Å². The molecular formula is C42H48N6O8. The van der Waals surface area contributed by atoms with E-state index in [0.29, 0.717) is 5.56 Å². The Morgan fingerprint density at radius 2 is 1.48 bits per heavy atom. The second kappa shape index (κ2) is 16.7. The molecule has 0 saturated carbocycles. The molecule has 2 aromatic heterocycles. The van der Waals surface area contributed by atoms with E-state index in [1.807, 2.05) is 54.6 Å². The van der Waals surface area contributed by atoms with Crippen molar-refractivity contribution in [2.45, 2.75) is 89.4 Å². The van der Waals surface area contributed by atoms with Crippen molar-refractivity contribution in [3.05, 3.63) is 107 Å². The molecule has 0 radical (unpaired) electrons. The second-order valence-corrected chi connectivity index (χ2v) is 15.1. The van der Waals surface area contributed by atoms with E-state index in [2.05, 4.69) is 25.9 Å². The predicted octanol–water partition coefficient (Wildman–Crippen LogP) is 3.80. The van der Waals surface area contributed by atoms with Gasteiger partial charge >= 0.3 is 12.1 Å². The van der Waals surface area contributed by atoms with E-state index >= 15 is 0 Å². The van der Waals surface area contributed by atoms with Crippen molar-refractivity contribution < 1.29 is 38.6 Å². The number of carbonyl (C=O) groups excluding carboxylic acids is 5. The average molecular weight is 765 g/mol. The lowest BCUT2D eigenvalue weighted by molar-refractivity contribution is -0.145. The van der Waals surface area contributed by atoms with Crippen molar-refractivity contribution in [3.8, 4) is 0 Å². The molecule has 0 unspecified atom stereocenters. The van der Waals surface area contributed by atoms with Crippen LogP contribution in [0.25, 0.3) is 21.8 Å². The highest BCUT2D eigenvalue weighted by molar-refractivity contribution is 5.96. The van der Waals surface area contributed by atoms with Crippen LogP contribution in [0.1, 0.15) is 50.1 Å². The highest BCUT2D eigenvalue weighted by Gasteiger charge is 2.41. The van der Waals surface area contributed by atoms with Crippen LogP contribution in [0.4, 0.5) is 4.79 Å². The van der Waals surface area contributed by atoms with Crippen LogP contribution in [0, 0.1) is 0 Å². The molecule has 0 fully saturated rings. The summed E-state index contributed by atoms with van der Waals surface area (Å²) in [5.74, 6) is -2.89. The molecule has 0 spiro atoms. The van der Waals surface area contributed by atoms with Crippen LogP contribution in [-0.2, 0) is 54.5 Å². The number of ether oxygens (including phenoxy) is 2. The lowest BCUT2D eigenvalue weighted by Crippen LogP contribution is -2.62. The number of para-hydroxylation sites is 2. The van der Waals surface area contributed by atoms with Gasteiger partial charge in [-0.15, -0.1) is 0 Å². The van der Waals surface area contributed by atoms with Gasteiger partial charge in [0.2, 0.25) is 17.7 Å². The number of esters is 1. The highest BCUT2D eigenvalue weighted by Crippen LogP contribution is 2.31. The van der Waals surface area contributed by atoms with Crippen molar-refractivity contribution >= 4 is 51.6 Å². The Hall–Kier alpha value is -6.15. The van der Waals surface area contributed by atoms with Gasteiger partial charge in [-0.05, 0) is 56.5 Å². The number of nitrogens with one attached hydrogen (secondary N) is 5. The topological polar surface area (TPSA) is 195 Å². The number of aliphatic hydroxyl groups is 1. The van der Waals surface area contributed by atoms with Crippen molar-refractivity contribution in [1.29, 1.82) is 0 Å². The molecule has 3 aromatic carbocycles. The number of fused-ring (bicyclic) bond motifs is 4. The van der Waals surface area contributed by atoms with Gasteiger partial charge in [0.05, 0.1) is 19.8 Å². The Labute approximate surface area is 324 Å². The third-order valence-electron chi connectivity index (χ3n) is 9.81. The summed E-state index contributed by atoms with van der Waals surface area (Å²) in [7, 11) is 1.23. The number of carbonyl (C=O) groups is 5. The summed E-state index contributed by atoms with van der Waals surface area (Å²) in [5, 5.41) is 20.8. The summed E-state index contributed by atoms with van der Waals surface area (Å²) in [6, 6.07) is 19.2.